The Morgan fingerprint density at radius 3 is 2.96 bits per heavy atom. The van der Waals surface area contributed by atoms with Crippen molar-refractivity contribution >= 4 is 17.6 Å². The molecule has 1 aromatic heterocycles. The van der Waals surface area contributed by atoms with Gasteiger partial charge in [-0.2, -0.15) is 4.98 Å². The number of nitrogens with one attached hydrogen (secondary N) is 1. The van der Waals surface area contributed by atoms with Crippen molar-refractivity contribution in [3.63, 3.8) is 0 Å². The number of aliphatic imine (C=N–C) groups is 1. The molecule has 8 heteroatoms. The molecule has 0 radical (unpaired) electrons. The van der Waals surface area contributed by atoms with Gasteiger partial charge in [-0.1, -0.05) is 16.8 Å². The van der Waals surface area contributed by atoms with Crippen LogP contribution in [0.5, 0.6) is 0 Å². The van der Waals surface area contributed by atoms with Crippen molar-refractivity contribution in [2.75, 3.05) is 39.9 Å². The molecule has 1 fully saturated rings. The summed E-state index contributed by atoms with van der Waals surface area (Å²) in [4.78, 5) is 11.5. The predicted octanol–water partition coefficient (Wildman–Crippen LogP) is 2.87. The minimum Gasteiger partial charge on any atom is -0.384 e. The van der Waals surface area contributed by atoms with E-state index in [1.165, 1.54) is 0 Å². The third-order valence-corrected chi connectivity index (χ3v) is 4.73. The number of rotatable bonds is 7. The zero-order valence-corrected chi connectivity index (χ0v) is 16.6. The Bertz CT molecular complexity index is 747. The van der Waals surface area contributed by atoms with E-state index in [9.17, 15) is 0 Å². The highest BCUT2D eigenvalue weighted by molar-refractivity contribution is 6.30. The van der Waals surface area contributed by atoms with Gasteiger partial charge in [0.1, 0.15) is 0 Å². The maximum Gasteiger partial charge on any atom is 0.228 e. The number of methoxy groups -OCH3 is 1. The van der Waals surface area contributed by atoms with Crippen molar-refractivity contribution in [3.8, 4) is 11.4 Å². The molecule has 2 aromatic rings. The van der Waals surface area contributed by atoms with Gasteiger partial charge in [0.2, 0.25) is 11.7 Å². The maximum absolute atomic E-state index is 5.91. The standard InChI is InChI=1S/C19H26ClN5O2/c1-3-21-19(25-11-9-14(12-25)13-26-2)22-10-8-17-23-18(24-27-17)15-4-6-16(20)7-5-15/h4-7,14H,3,8-13H2,1-2H3,(H,21,22). The number of halogens is 1. The molecule has 1 aliphatic heterocycles. The van der Waals surface area contributed by atoms with Gasteiger partial charge < -0.3 is 19.5 Å². The summed E-state index contributed by atoms with van der Waals surface area (Å²) in [6.07, 6.45) is 1.73. The van der Waals surface area contributed by atoms with Gasteiger partial charge in [0, 0.05) is 49.7 Å². The highest BCUT2D eigenvalue weighted by atomic mass is 35.5. The zero-order chi connectivity index (χ0) is 19.1. The topological polar surface area (TPSA) is 75.8 Å². The van der Waals surface area contributed by atoms with E-state index in [1.54, 1.807) is 7.11 Å². The lowest BCUT2D eigenvalue weighted by Gasteiger charge is -2.21. The molecule has 1 unspecified atom stereocenters. The van der Waals surface area contributed by atoms with Gasteiger partial charge >= 0.3 is 0 Å². The van der Waals surface area contributed by atoms with Crippen molar-refractivity contribution in [1.82, 2.24) is 20.4 Å². The van der Waals surface area contributed by atoms with Crippen molar-refractivity contribution in [2.45, 2.75) is 19.8 Å². The summed E-state index contributed by atoms with van der Waals surface area (Å²) < 4.78 is 10.6. The number of benzene rings is 1. The Balaban J connectivity index is 1.57. The fraction of sp³-hybridized carbons (Fsp3) is 0.526. The molecule has 0 bridgehead atoms. The summed E-state index contributed by atoms with van der Waals surface area (Å²) in [5, 5.41) is 8.09. The molecule has 0 spiro atoms. The van der Waals surface area contributed by atoms with Crippen LogP contribution in [-0.2, 0) is 11.2 Å². The molecule has 3 rings (SSSR count). The van der Waals surface area contributed by atoms with E-state index in [4.69, 9.17) is 25.9 Å². The van der Waals surface area contributed by atoms with Crippen LogP contribution in [0.3, 0.4) is 0 Å². The van der Waals surface area contributed by atoms with E-state index in [-0.39, 0.29) is 0 Å². The number of aromatic nitrogens is 2. The van der Waals surface area contributed by atoms with Crippen molar-refractivity contribution in [1.29, 1.82) is 0 Å². The fourth-order valence-electron chi connectivity index (χ4n) is 3.15. The zero-order valence-electron chi connectivity index (χ0n) is 15.8. The first kappa shape index (κ1) is 19.6. The quantitative estimate of drug-likeness (QED) is 0.577. The molecule has 0 amide bonds. The Morgan fingerprint density at radius 2 is 2.22 bits per heavy atom. The molecule has 2 heterocycles. The lowest BCUT2D eigenvalue weighted by molar-refractivity contribution is 0.157. The summed E-state index contributed by atoms with van der Waals surface area (Å²) in [6, 6.07) is 7.38. The van der Waals surface area contributed by atoms with Crippen LogP contribution in [-0.4, -0.2) is 60.9 Å². The molecule has 1 atom stereocenters. The van der Waals surface area contributed by atoms with Crippen molar-refractivity contribution < 1.29 is 9.26 Å². The Kier molecular flexibility index (Phi) is 7.06. The van der Waals surface area contributed by atoms with Crippen LogP contribution in [0.25, 0.3) is 11.4 Å². The number of likely N-dealkylation sites (tertiary alicyclic amines) is 1. The van der Waals surface area contributed by atoms with E-state index in [2.05, 4.69) is 27.3 Å². The number of ether oxygens (including phenoxy) is 1. The highest BCUT2D eigenvalue weighted by Crippen LogP contribution is 2.19. The third kappa shape index (κ3) is 5.43. The minimum absolute atomic E-state index is 0.566. The van der Waals surface area contributed by atoms with E-state index < -0.39 is 0 Å². The van der Waals surface area contributed by atoms with Crippen LogP contribution in [0.4, 0.5) is 0 Å². The van der Waals surface area contributed by atoms with Crippen molar-refractivity contribution in [3.05, 3.63) is 35.2 Å². The molecule has 1 aromatic carbocycles. The third-order valence-electron chi connectivity index (χ3n) is 4.48. The van der Waals surface area contributed by atoms with Gasteiger partial charge in [-0.25, -0.2) is 0 Å². The maximum atomic E-state index is 5.91. The molecule has 146 valence electrons. The smallest absolute Gasteiger partial charge is 0.228 e. The second-order valence-electron chi connectivity index (χ2n) is 6.56. The lowest BCUT2D eigenvalue weighted by Crippen LogP contribution is -2.40. The first-order valence-electron chi connectivity index (χ1n) is 9.30. The SMILES string of the molecule is CCNC(=NCCc1nc(-c2ccc(Cl)cc2)no1)N1CCC(COC)C1. The Hall–Kier alpha value is -2.12. The minimum atomic E-state index is 0.566. The predicted molar refractivity (Wildman–Crippen MR) is 106 cm³/mol. The average Bonchev–Trinajstić information content (AvgIpc) is 3.32. The summed E-state index contributed by atoms with van der Waals surface area (Å²) in [5.41, 5.74) is 0.882. The Labute approximate surface area is 164 Å². The lowest BCUT2D eigenvalue weighted by atomic mass is 10.1. The number of guanidine groups is 1. The summed E-state index contributed by atoms with van der Waals surface area (Å²) in [7, 11) is 1.75. The van der Waals surface area contributed by atoms with Crippen LogP contribution in [0.1, 0.15) is 19.2 Å². The van der Waals surface area contributed by atoms with Crippen LogP contribution < -0.4 is 5.32 Å². The normalized spacial score (nSPS) is 17.5. The molecule has 7 nitrogen and oxygen atoms in total. The molecular formula is C19H26ClN5O2. The molecule has 0 aliphatic carbocycles. The monoisotopic (exact) mass is 391 g/mol. The average molecular weight is 392 g/mol. The van der Waals surface area contributed by atoms with Gasteiger partial charge in [0.15, 0.2) is 5.96 Å². The van der Waals surface area contributed by atoms with Crippen LogP contribution in [0, 0.1) is 5.92 Å². The molecule has 1 N–H and O–H groups in total. The molecule has 0 saturated carbocycles. The van der Waals surface area contributed by atoms with Crippen LogP contribution >= 0.6 is 11.6 Å². The summed E-state index contributed by atoms with van der Waals surface area (Å²) in [5.74, 6) is 2.66. The van der Waals surface area contributed by atoms with Crippen LogP contribution in [0.15, 0.2) is 33.8 Å². The van der Waals surface area contributed by atoms with E-state index in [0.29, 0.717) is 35.6 Å². The first-order chi connectivity index (χ1) is 13.2. The number of hydrogen-bond acceptors (Lipinski definition) is 5. The second-order valence-corrected chi connectivity index (χ2v) is 7.00. The van der Waals surface area contributed by atoms with Gasteiger partial charge in [-0.05, 0) is 37.6 Å². The van der Waals surface area contributed by atoms with Gasteiger partial charge in [-0.3, -0.25) is 4.99 Å². The number of hydrogen-bond donors (Lipinski definition) is 1. The van der Waals surface area contributed by atoms with Gasteiger partial charge in [0.25, 0.3) is 0 Å². The van der Waals surface area contributed by atoms with E-state index in [1.807, 2.05) is 24.3 Å². The summed E-state index contributed by atoms with van der Waals surface area (Å²) in [6.45, 7) is 6.28. The fourth-order valence-corrected chi connectivity index (χ4v) is 3.28. The molecule has 27 heavy (non-hydrogen) atoms. The second kappa shape index (κ2) is 9.71. The molecule has 1 saturated heterocycles. The largest absolute Gasteiger partial charge is 0.384 e. The molecule has 1 aliphatic rings. The van der Waals surface area contributed by atoms with Gasteiger partial charge in [0.05, 0.1) is 13.2 Å². The van der Waals surface area contributed by atoms with Gasteiger partial charge in [-0.15, -0.1) is 0 Å². The van der Waals surface area contributed by atoms with E-state index >= 15 is 0 Å². The molecular weight excluding hydrogens is 366 g/mol. The van der Waals surface area contributed by atoms with Crippen LogP contribution in [0.2, 0.25) is 5.02 Å². The Morgan fingerprint density at radius 1 is 1.41 bits per heavy atom. The van der Waals surface area contributed by atoms with E-state index in [0.717, 1.165) is 44.2 Å². The first-order valence-corrected chi connectivity index (χ1v) is 9.68. The number of nitrogens with zero attached hydrogens (tertiary/aromatic N) is 4. The van der Waals surface area contributed by atoms with Crippen molar-refractivity contribution in [2.24, 2.45) is 10.9 Å². The summed E-state index contributed by atoms with van der Waals surface area (Å²) >= 11 is 5.91. The highest BCUT2D eigenvalue weighted by Gasteiger charge is 2.24.